The van der Waals surface area contributed by atoms with Crippen molar-refractivity contribution in [1.82, 2.24) is 10.6 Å². The Labute approximate surface area is 138 Å². The molecule has 0 spiro atoms. The summed E-state index contributed by atoms with van der Waals surface area (Å²) in [5.41, 5.74) is 0.969. The summed E-state index contributed by atoms with van der Waals surface area (Å²) in [4.78, 5) is 30.1. The molecule has 1 aliphatic rings. The van der Waals surface area contributed by atoms with Gasteiger partial charge in [-0.05, 0) is 37.6 Å². The zero-order chi connectivity index (χ0) is 17.2. The number of rotatable bonds is 3. The second-order valence-electron chi connectivity index (χ2n) is 4.94. The fourth-order valence-corrected chi connectivity index (χ4v) is 2.26. The third-order valence-corrected chi connectivity index (χ3v) is 3.67. The van der Waals surface area contributed by atoms with Gasteiger partial charge in [-0.2, -0.15) is 0 Å². The van der Waals surface area contributed by atoms with Gasteiger partial charge < -0.3 is 20.8 Å². The highest BCUT2D eigenvalue weighted by molar-refractivity contribution is 6.31. The molecule has 0 bridgehead atoms. The van der Waals surface area contributed by atoms with Crippen molar-refractivity contribution in [2.45, 2.75) is 19.4 Å². The molecule has 0 radical (unpaired) electrons. The monoisotopic (exact) mass is 342 g/mol. The molecule has 1 amide bonds. The molecule has 1 fully saturated rings. The van der Waals surface area contributed by atoms with E-state index in [1.165, 1.54) is 0 Å². The minimum Gasteiger partial charge on any atom is -0.473 e. The highest BCUT2D eigenvalue weighted by Gasteiger charge is 2.20. The number of aliphatic carboxylic acids is 2. The molecular formula is C15H19ClN2O5. The lowest BCUT2D eigenvalue weighted by Gasteiger charge is -2.21. The van der Waals surface area contributed by atoms with Crippen LogP contribution in [0.25, 0.3) is 0 Å². The van der Waals surface area contributed by atoms with Crippen LogP contribution < -0.4 is 10.6 Å². The van der Waals surface area contributed by atoms with Crippen molar-refractivity contribution in [2.75, 3.05) is 13.1 Å². The first kappa shape index (κ1) is 18.9. The lowest BCUT2D eigenvalue weighted by atomic mass is 9.97. The summed E-state index contributed by atoms with van der Waals surface area (Å²) < 4.78 is 0. The van der Waals surface area contributed by atoms with Crippen molar-refractivity contribution in [3.05, 3.63) is 34.9 Å². The van der Waals surface area contributed by atoms with E-state index < -0.39 is 11.9 Å². The molecular weight excluding hydrogens is 324 g/mol. The molecule has 2 rings (SSSR count). The van der Waals surface area contributed by atoms with Gasteiger partial charge in [-0.15, -0.1) is 0 Å². The number of carbonyl (C=O) groups excluding carboxylic acids is 1. The van der Waals surface area contributed by atoms with E-state index in [4.69, 9.17) is 31.4 Å². The summed E-state index contributed by atoms with van der Waals surface area (Å²) in [6.45, 7) is 2.39. The van der Waals surface area contributed by atoms with Crippen LogP contribution in [-0.2, 0) is 20.9 Å². The van der Waals surface area contributed by atoms with Crippen molar-refractivity contribution < 1.29 is 24.6 Å². The standard InChI is InChI=1S/C13H17ClN2O.C2H2O4/c14-12-4-2-1-3-11(12)9-16-13(17)10-5-7-15-8-6-10;3-1(4)2(5)6/h1-4,10,15H,5-9H2,(H,16,17);(H,3,4)(H,5,6). The number of halogens is 1. The molecule has 4 N–H and O–H groups in total. The average molecular weight is 343 g/mol. The average Bonchev–Trinajstić information content (AvgIpc) is 2.55. The van der Waals surface area contributed by atoms with Gasteiger partial charge in [0.25, 0.3) is 0 Å². The number of carbonyl (C=O) groups is 3. The van der Waals surface area contributed by atoms with Crippen molar-refractivity contribution in [1.29, 1.82) is 0 Å². The van der Waals surface area contributed by atoms with E-state index in [2.05, 4.69) is 10.6 Å². The largest absolute Gasteiger partial charge is 0.473 e. The SMILES string of the molecule is O=C(NCc1ccccc1Cl)C1CCNCC1.O=C(O)C(=O)O. The van der Waals surface area contributed by atoms with Gasteiger partial charge in [-0.25, -0.2) is 9.59 Å². The van der Waals surface area contributed by atoms with E-state index in [0.717, 1.165) is 31.5 Å². The zero-order valence-electron chi connectivity index (χ0n) is 12.4. The van der Waals surface area contributed by atoms with E-state index in [9.17, 15) is 4.79 Å². The highest BCUT2D eigenvalue weighted by Crippen LogP contribution is 2.16. The molecule has 23 heavy (non-hydrogen) atoms. The third-order valence-electron chi connectivity index (χ3n) is 3.30. The minimum absolute atomic E-state index is 0.145. The van der Waals surface area contributed by atoms with E-state index in [0.29, 0.717) is 11.6 Å². The second-order valence-corrected chi connectivity index (χ2v) is 5.35. The molecule has 126 valence electrons. The normalized spacial score (nSPS) is 14.3. The first-order chi connectivity index (χ1) is 10.9. The Hall–Kier alpha value is -2.12. The van der Waals surface area contributed by atoms with Crippen molar-refractivity contribution in [3.63, 3.8) is 0 Å². The maximum absolute atomic E-state index is 11.9. The summed E-state index contributed by atoms with van der Waals surface area (Å²) >= 11 is 6.03. The molecule has 0 unspecified atom stereocenters. The summed E-state index contributed by atoms with van der Waals surface area (Å²) in [7, 11) is 0. The Balaban J connectivity index is 0.000000379. The summed E-state index contributed by atoms with van der Waals surface area (Å²) in [5.74, 6) is -3.35. The molecule has 0 aliphatic carbocycles. The zero-order valence-corrected chi connectivity index (χ0v) is 13.2. The van der Waals surface area contributed by atoms with Crippen molar-refractivity contribution in [3.8, 4) is 0 Å². The Bertz CT molecular complexity index is 547. The number of hydrogen-bond acceptors (Lipinski definition) is 4. The molecule has 1 saturated heterocycles. The first-order valence-corrected chi connectivity index (χ1v) is 7.47. The number of carboxylic acids is 2. The van der Waals surface area contributed by atoms with Crippen LogP contribution in [0.4, 0.5) is 0 Å². The molecule has 1 heterocycles. The van der Waals surface area contributed by atoms with Crippen molar-refractivity contribution >= 4 is 29.4 Å². The van der Waals surface area contributed by atoms with Crippen LogP contribution >= 0.6 is 11.6 Å². The summed E-state index contributed by atoms with van der Waals surface area (Å²) in [5, 5.41) is 21.7. The first-order valence-electron chi connectivity index (χ1n) is 7.10. The Morgan fingerprint density at radius 1 is 1.13 bits per heavy atom. The van der Waals surface area contributed by atoms with Gasteiger partial charge in [0.1, 0.15) is 0 Å². The van der Waals surface area contributed by atoms with Gasteiger partial charge in [0.2, 0.25) is 5.91 Å². The Morgan fingerprint density at radius 3 is 2.22 bits per heavy atom. The highest BCUT2D eigenvalue weighted by atomic mass is 35.5. The lowest BCUT2D eigenvalue weighted by Crippen LogP contribution is -2.37. The molecule has 1 aromatic carbocycles. The van der Waals surface area contributed by atoms with E-state index >= 15 is 0 Å². The molecule has 0 atom stereocenters. The van der Waals surface area contributed by atoms with Gasteiger partial charge in [0.05, 0.1) is 0 Å². The Morgan fingerprint density at radius 2 is 1.70 bits per heavy atom. The molecule has 7 nitrogen and oxygen atoms in total. The molecule has 0 aromatic heterocycles. The Kier molecular flexibility index (Phi) is 8.07. The number of amides is 1. The predicted octanol–water partition coefficient (Wildman–Crippen LogP) is 1.11. The maximum Gasteiger partial charge on any atom is 0.414 e. The van der Waals surface area contributed by atoms with E-state index in [1.807, 2.05) is 24.3 Å². The van der Waals surface area contributed by atoms with E-state index in [-0.39, 0.29) is 11.8 Å². The van der Waals surface area contributed by atoms with E-state index in [1.54, 1.807) is 0 Å². The number of carboxylic acid groups (broad SMARTS) is 2. The second kappa shape index (κ2) is 9.81. The fraction of sp³-hybridized carbons (Fsp3) is 0.400. The fourth-order valence-electron chi connectivity index (χ4n) is 2.05. The van der Waals surface area contributed by atoms with Crippen LogP contribution in [0.3, 0.4) is 0 Å². The van der Waals surface area contributed by atoms with Crippen LogP contribution in [-0.4, -0.2) is 41.1 Å². The van der Waals surface area contributed by atoms with Gasteiger partial charge in [-0.3, -0.25) is 4.79 Å². The predicted molar refractivity (Wildman–Crippen MR) is 84.2 cm³/mol. The van der Waals surface area contributed by atoms with Crippen LogP contribution in [0.15, 0.2) is 24.3 Å². The van der Waals surface area contributed by atoms with Crippen LogP contribution in [0.5, 0.6) is 0 Å². The lowest BCUT2D eigenvalue weighted by molar-refractivity contribution is -0.159. The number of hydrogen-bond donors (Lipinski definition) is 4. The molecule has 0 saturated carbocycles. The van der Waals surface area contributed by atoms with Crippen LogP contribution in [0.1, 0.15) is 18.4 Å². The van der Waals surface area contributed by atoms with Crippen molar-refractivity contribution in [2.24, 2.45) is 5.92 Å². The third kappa shape index (κ3) is 7.12. The quantitative estimate of drug-likeness (QED) is 0.612. The van der Waals surface area contributed by atoms with Crippen LogP contribution in [0.2, 0.25) is 5.02 Å². The molecule has 1 aliphatic heterocycles. The smallest absolute Gasteiger partial charge is 0.414 e. The van der Waals surface area contributed by atoms with Gasteiger partial charge in [0.15, 0.2) is 0 Å². The number of benzene rings is 1. The number of piperidine rings is 1. The number of nitrogens with one attached hydrogen (secondary N) is 2. The van der Waals surface area contributed by atoms with Gasteiger partial charge >= 0.3 is 11.9 Å². The molecule has 8 heteroatoms. The van der Waals surface area contributed by atoms with Gasteiger partial charge in [0, 0.05) is 17.5 Å². The maximum atomic E-state index is 11.9. The summed E-state index contributed by atoms with van der Waals surface area (Å²) in [6.07, 6.45) is 1.85. The topological polar surface area (TPSA) is 116 Å². The minimum atomic E-state index is -1.82. The van der Waals surface area contributed by atoms with Gasteiger partial charge in [-0.1, -0.05) is 29.8 Å². The molecule has 1 aromatic rings. The van der Waals surface area contributed by atoms with Crippen LogP contribution in [0, 0.1) is 5.92 Å². The summed E-state index contributed by atoms with van der Waals surface area (Å²) in [6, 6.07) is 7.59.